The fraction of sp³-hybridized carbons (Fsp3) is 0.682. The van der Waals surface area contributed by atoms with Crippen LogP contribution >= 0.6 is 0 Å². The van der Waals surface area contributed by atoms with Gasteiger partial charge in [0.05, 0.1) is 0 Å². The van der Waals surface area contributed by atoms with Crippen molar-refractivity contribution in [2.75, 3.05) is 19.6 Å². The Morgan fingerprint density at radius 1 is 1.16 bits per heavy atom. The number of hydrogen-bond donors (Lipinski definition) is 0. The normalized spacial score (nSPS) is 29.1. The maximum absolute atomic E-state index is 12.1. The summed E-state index contributed by atoms with van der Waals surface area (Å²) in [6.45, 7) is 7.30. The predicted octanol–water partition coefficient (Wildman–Crippen LogP) is 4.77. The van der Waals surface area contributed by atoms with Crippen LogP contribution in [0.25, 0.3) is 0 Å². The van der Waals surface area contributed by atoms with Crippen LogP contribution in [-0.4, -0.2) is 36.1 Å². The van der Waals surface area contributed by atoms with Gasteiger partial charge >= 0.3 is 5.97 Å². The third-order valence-corrected chi connectivity index (χ3v) is 6.25. The quantitative estimate of drug-likeness (QED) is 0.721. The molecule has 0 spiro atoms. The van der Waals surface area contributed by atoms with Gasteiger partial charge in [0.1, 0.15) is 5.60 Å². The molecule has 0 radical (unpaired) electrons. The third kappa shape index (κ3) is 4.25. The molecule has 2 aliphatic rings. The molecule has 1 aromatic carbocycles. The summed E-state index contributed by atoms with van der Waals surface area (Å²) in [5, 5.41) is 0. The highest BCUT2D eigenvalue weighted by molar-refractivity contribution is 5.67. The van der Waals surface area contributed by atoms with Crippen LogP contribution in [0.1, 0.15) is 70.3 Å². The second-order valence-electron chi connectivity index (χ2n) is 8.02. The lowest BCUT2D eigenvalue weighted by Gasteiger charge is -2.48. The lowest BCUT2D eigenvalue weighted by Crippen LogP contribution is -2.52. The molecule has 1 aliphatic carbocycles. The summed E-state index contributed by atoms with van der Waals surface area (Å²) in [5.41, 5.74) is 0.969. The Balaban J connectivity index is 1.87. The number of benzene rings is 1. The molecule has 3 atom stereocenters. The summed E-state index contributed by atoms with van der Waals surface area (Å²) < 4.78 is 6.18. The van der Waals surface area contributed by atoms with Crippen molar-refractivity contribution in [3.8, 4) is 0 Å². The maximum Gasteiger partial charge on any atom is 0.303 e. The first-order valence-corrected chi connectivity index (χ1v) is 10.1. The van der Waals surface area contributed by atoms with Crippen molar-refractivity contribution in [3.63, 3.8) is 0 Å². The van der Waals surface area contributed by atoms with Crippen LogP contribution in [0.3, 0.4) is 0 Å². The van der Waals surface area contributed by atoms with Gasteiger partial charge < -0.3 is 9.64 Å². The molecule has 3 unspecified atom stereocenters. The Hall–Kier alpha value is -1.35. The van der Waals surface area contributed by atoms with E-state index in [4.69, 9.17) is 4.74 Å². The molecule has 0 bridgehead atoms. The highest BCUT2D eigenvalue weighted by Crippen LogP contribution is 2.48. The van der Waals surface area contributed by atoms with E-state index in [1.807, 2.05) is 0 Å². The molecule has 1 saturated carbocycles. The number of hydrogen-bond acceptors (Lipinski definition) is 3. The van der Waals surface area contributed by atoms with Gasteiger partial charge in [0.2, 0.25) is 0 Å². The van der Waals surface area contributed by atoms with Crippen LogP contribution in [0.15, 0.2) is 30.3 Å². The molecule has 1 heterocycles. The number of rotatable bonds is 5. The van der Waals surface area contributed by atoms with Gasteiger partial charge in [-0.2, -0.15) is 0 Å². The van der Waals surface area contributed by atoms with E-state index in [2.05, 4.69) is 42.2 Å². The van der Waals surface area contributed by atoms with Crippen molar-refractivity contribution >= 4 is 5.97 Å². The standard InChI is InChI=1S/C22H33NO2/c1-18(17-23-15-9-4-10-16-23)22(25-19(2)24)14-8-7-13-21(22)20-11-5-3-6-12-20/h3,5-6,11-12,18,21H,4,7-10,13-17H2,1-2H3. The van der Waals surface area contributed by atoms with Crippen LogP contribution in [0.4, 0.5) is 0 Å². The molecule has 1 aliphatic heterocycles. The zero-order chi connectivity index (χ0) is 17.7. The lowest BCUT2D eigenvalue weighted by molar-refractivity contribution is -0.172. The average Bonchev–Trinajstić information content (AvgIpc) is 2.63. The summed E-state index contributed by atoms with van der Waals surface area (Å²) in [6, 6.07) is 10.7. The number of nitrogens with zero attached hydrogens (tertiary/aromatic N) is 1. The first-order chi connectivity index (χ1) is 12.1. The molecule has 1 aromatic rings. The van der Waals surface area contributed by atoms with Crippen molar-refractivity contribution in [1.29, 1.82) is 0 Å². The Labute approximate surface area is 152 Å². The zero-order valence-corrected chi connectivity index (χ0v) is 15.9. The molecule has 3 heteroatoms. The Bertz CT molecular complexity index is 552. The first-order valence-electron chi connectivity index (χ1n) is 10.1. The Morgan fingerprint density at radius 3 is 2.56 bits per heavy atom. The van der Waals surface area contributed by atoms with Crippen LogP contribution in [-0.2, 0) is 9.53 Å². The van der Waals surface area contributed by atoms with Gasteiger partial charge in [0.15, 0.2) is 0 Å². The highest BCUT2D eigenvalue weighted by atomic mass is 16.6. The Morgan fingerprint density at radius 2 is 1.88 bits per heavy atom. The molecule has 138 valence electrons. The van der Waals surface area contributed by atoms with E-state index < -0.39 is 0 Å². The van der Waals surface area contributed by atoms with E-state index in [1.165, 1.54) is 44.3 Å². The van der Waals surface area contributed by atoms with Crippen molar-refractivity contribution in [3.05, 3.63) is 35.9 Å². The van der Waals surface area contributed by atoms with E-state index in [1.54, 1.807) is 6.92 Å². The average molecular weight is 344 g/mol. The SMILES string of the molecule is CC(=O)OC1(C(C)CN2CCCCC2)CCCCC1c1ccccc1. The van der Waals surface area contributed by atoms with Gasteiger partial charge in [0, 0.05) is 25.3 Å². The topological polar surface area (TPSA) is 29.5 Å². The lowest BCUT2D eigenvalue weighted by atomic mass is 9.66. The molecule has 0 amide bonds. The number of piperidine rings is 1. The van der Waals surface area contributed by atoms with Crippen LogP contribution in [0, 0.1) is 5.92 Å². The summed E-state index contributed by atoms with van der Waals surface area (Å²) in [7, 11) is 0. The summed E-state index contributed by atoms with van der Waals surface area (Å²) in [6.07, 6.45) is 8.43. The molecule has 0 N–H and O–H groups in total. The molecule has 0 aromatic heterocycles. The van der Waals surface area contributed by atoms with Gasteiger partial charge in [-0.15, -0.1) is 0 Å². The second kappa shape index (κ2) is 8.35. The summed E-state index contributed by atoms with van der Waals surface area (Å²) in [5.74, 6) is 0.527. The van der Waals surface area contributed by atoms with E-state index in [9.17, 15) is 4.79 Å². The number of esters is 1. The van der Waals surface area contributed by atoms with E-state index >= 15 is 0 Å². The molecule has 1 saturated heterocycles. The van der Waals surface area contributed by atoms with Gasteiger partial charge in [-0.3, -0.25) is 4.79 Å². The van der Waals surface area contributed by atoms with Crippen LogP contribution < -0.4 is 0 Å². The fourth-order valence-corrected chi connectivity index (χ4v) is 5.07. The molecule has 3 rings (SSSR count). The molecular weight excluding hydrogens is 310 g/mol. The summed E-state index contributed by atoms with van der Waals surface area (Å²) in [4.78, 5) is 14.6. The Kier molecular flexibility index (Phi) is 6.16. The molecule has 25 heavy (non-hydrogen) atoms. The van der Waals surface area contributed by atoms with E-state index in [0.29, 0.717) is 11.8 Å². The second-order valence-corrected chi connectivity index (χ2v) is 8.02. The van der Waals surface area contributed by atoms with Gasteiger partial charge in [-0.1, -0.05) is 50.1 Å². The monoisotopic (exact) mass is 343 g/mol. The largest absolute Gasteiger partial charge is 0.458 e. The van der Waals surface area contributed by atoms with E-state index in [0.717, 1.165) is 25.8 Å². The minimum Gasteiger partial charge on any atom is -0.458 e. The summed E-state index contributed by atoms with van der Waals surface area (Å²) >= 11 is 0. The minimum atomic E-state index is -0.358. The van der Waals surface area contributed by atoms with Gasteiger partial charge in [-0.25, -0.2) is 0 Å². The number of carbonyl (C=O) groups excluding carboxylic acids is 1. The minimum absolute atomic E-state index is 0.131. The predicted molar refractivity (Wildman–Crippen MR) is 102 cm³/mol. The van der Waals surface area contributed by atoms with Gasteiger partial charge in [-0.05, 0) is 50.8 Å². The van der Waals surface area contributed by atoms with Crippen molar-refractivity contribution in [2.45, 2.75) is 70.3 Å². The molecule has 3 nitrogen and oxygen atoms in total. The molecule has 2 fully saturated rings. The zero-order valence-electron chi connectivity index (χ0n) is 15.9. The first kappa shape index (κ1) is 18.4. The third-order valence-electron chi connectivity index (χ3n) is 6.25. The number of carbonyl (C=O) groups is 1. The van der Waals surface area contributed by atoms with Gasteiger partial charge in [0.25, 0.3) is 0 Å². The maximum atomic E-state index is 12.1. The van der Waals surface area contributed by atoms with Crippen LogP contribution in [0.5, 0.6) is 0 Å². The van der Waals surface area contributed by atoms with E-state index in [-0.39, 0.29) is 11.6 Å². The van der Waals surface area contributed by atoms with Crippen molar-refractivity contribution < 1.29 is 9.53 Å². The van der Waals surface area contributed by atoms with Crippen LogP contribution in [0.2, 0.25) is 0 Å². The molecular formula is C22H33NO2. The number of ether oxygens (including phenoxy) is 1. The fourth-order valence-electron chi connectivity index (χ4n) is 5.07. The highest BCUT2D eigenvalue weighted by Gasteiger charge is 2.48. The smallest absolute Gasteiger partial charge is 0.303 e. The van der Waals surface area contributed by atoms with Crippen molar-refractivity contribution in [2.24, 2.45) is 5.92 Å². The number of likely N-dealkylation sites (tertiary alicyclic amines) is 1. The van der Waals surface area contributed by atoms with Crippen molar-refractivity contribution in [1.82, 2.24) is 4.90 Å².